The number of nitrogens with one attached hydrogen (secondary N) is 2. The molecule has 0 bridgehead atoms. The maximum absolute atomic E-state index is 12.1. The normalized spacial score (nSPS) is 17.4. The molecule has 0 unspecified atom stereocenters. The lowest BCUT2D eigenvalue weighted by atomic mass is 10.00. The first-order chi connectivity index (χ1) is 12.3. The van der Waals surface area contributed by atoms with Gasteiger partial charge in [-0.25, -0.2) is 0 Å². The highest BCUT2D eigenvalue weighted by molar-refractivity contribution is 7.98. The number of amides is 1. The molecule has 0 spiro atoms. The summed E-state index contributed by atoms with van der Waals surface area (Å²) in [6.45, 7) is 3.57. The van der Waals surface area contributed by atoms with Crippen LogP contribution in [0.5, 0.6) is 0 Å². The highest BCUT2D eigenvalue weighted by Gasteiger charge is 2.16. The Morgan fingerprint density at radius 2 is 2.24 bits per heavy atom. The first-order valence-corrected chi connectivity index (χ1v) is 9.97. The van der Waals surface area contributed by atoms with Crippen molar-refractivity contribution in [3.05, 3.63) is 47.8 Å². The number of piperidine rings is 1. The van der Waals surface area contributed by atoms with Crippen LogP contribution in [0, 0.1) is 5.92 Å². The minimum Gasteiger partial charge on any atom is -0.350 e. The molecule has 1 saturated heterocycles. The van der Waals surface area contributed by atoms with Gasteiger partial charge in [-0.1, -0.05) is 35.5 Å². The summed E-state index contributed by atoms with van der Waals surface area (Å²) in [5, 5.41) is 14.4. The fourth-order valence-corrected chi connectivity index (χ4v) is 3.75. The van der Waals surface area contributed by atoms with E-state index in [1.54, 1.807) is 10.9 Å². The molecule has 1 aromatic heterocycles. The minimum atomic E-state index is -0.145. The maximum Gasteiger partial charge on any atom is 0.273 e. The molecule has 2 N–H and O–H groups in total. The van der Waals surface area contributed by atoms with E-state index in [-0.39, 0.29) is 5.91 Å². The molecule has 25 heavy (non-hydrogen) atoms. The Balaban J connectivity index is 1.35. The summed E-state index contributed by atoms with van der Waals surface area (Å²) in [6.07, 6.45) is 4.15. The van der Waals surface area contributed by atoms with Crippen LogP contribution in [0.15, 0.2) is 36.5 Å². The Hall–Kier alpha value is -1.86. The molecule has 1 atom stereocenters. The fraction of sp³-hybridized carbons (Fsp3) is 0.500. The van der Waals surface area contributed by atoms with Gasteiger partial charge < -0.3 is 10.6 Å². The van der Waals surface area contributed by atoms with Crippen LogP contribution in [-0.4, -0.2) is 46.3 Å². The fourth-order valence-electron chi connectivity index (χ4n) is 2.93. The number of rotatable bonds is 8. The second-order valence-electron chi connectivity index (χ2n) is 6.33. The number of aromatic nitrogens is 3. The van der Waals surface area contributed by atoms with Crippen LogP contribution in [-0.2, 0) is 12.3 Å². The number of thioether (sulfide) groups is 1. The summed E-state index contributed by atoms with van der Waals surface area (Å²) in [5.74, 6) is 2.26. The summed E-state index contributed by atoms with van der Waals surface area (Å²) < 4.78 is 1.79. The van der Waals surface area contributed by atoms with E-state index in [0.717, 1.165) is 31.1 Å². The Kier molecular flexibility index (Phi) is 6.88. The van der Waals surface area contributed by atoms with Crippen LogP contribution in [0.3, 0.4) is 0 Å². The van der Waals surface area contributed by atoms with Crippen molar-refractivity contribution in [1.82, 2.24) is 25.6 Å². The molecule has 1 aliphatic rings. The van der Waals surface area contributed by atoms with Crippen LogP contribution in [0.2, 0.25) is 0 Å². The monoisotopic (exact) mass is 359 g/mol. The summed E-state index contributed by atoms with van der Waals surface area (Å²) >= 11 is 1.81. The summed E-state index contributed by atoms with van der Waals surface area (Å²) in [7, 11) is 0. The summed E-state index contributed by atoms with van der Waals surface area (Å²) in [4.78, 5) is 12.1. The molecule has 3 rings (SSSR count). The van der Waals surface area contributed by atoms with Crippen molar-refractivity contribution >= 4 is 17.7 Å². The van der Waals surface area contributed by atoms with E-state index >= 15 is 0 Å². The SMILES string of the molecule is O=C(NCCSCc1ccccc1)c1cn(C[C@@H]2CCCNC2)nn1. The third kappa shape index (κ3) is 5.86. The van der Waals surface area contributed by atoms with Gasteiger partial charge in [0.1, 0.15) is 0 Å². The molecule has 7 heteroatoms. The molecule has 2 heterocycles. The smallest absolute Gasteiger partial charge is 0.273 e. The van der Waals surface area contributed by atoms with Crippen molar-refractivity contribution in [2.24, 2.45) is 5.92 Å². The molecule has 2 aromatic rings. The molecule has 1 aromatic carbocycles. The van der Waals surface area contributed by atoms with Crippen molar-refractivity contribution in [1.29, 1.82) is 0 Å². The third-order valence-electron chi connectivity index (χ3n) is 4.26. The van der Waals surface area contributed by atoms with Gasteiger partial charge in [0.2, 0.25) is 0 Å². The van der Waals surface area contributed by atoms with Gasteiger partial charge in [-0.05, 0) is 37.4 Å². The molecule has 6 nitrogen and oxygen atoms in total. The topological polar surface area (TPSA) is 71.8 Å². The zero-order valence-corrected chi connectivity index (χ0v) is 15.2. The molecule has 1 amide bonds. The van der Waals surface area contributed by atoms with Gasteiger partial charge >= 0.3 is 0 Å². The van der Waals surface area contributed by atoms with Gasteiger partial charge in [0, 0.05) is 24.6 Å². The molecule has 0 saturated carbocycles. The average molecular weight is 359 g/mol. The summed E-state index contributed by atoms with van der Waals surface area (Å²) in [6, 6.07) is 10.3. The van der Waals surface area contributed by atoms with E-state index in [9.17, 15) is 4.79 Å². The van der Waals surface area contributed by atoms with Gasteiger partial charge in [-0.15, -0.1) is 5.10 Å². The first-order valence-electron chi connectivity index (χ1n) is 8.82. The standard InChI is InChI=1S/C18H25N5OS/c24-18(20-9-10-25-14-15-5-2-1-3-6-15)17-13-23(22-21-17)12-16-7-4-8-19-11-16/h1-3,5-6,13,16,19H,4,7-12,14H2,(H,20,24)/t16-/m1/s1. The number of hydrogen-bond donors (Lipinski definition) is 2. The molecule has 0 radical (unpaired) electrons. The molecule has 1 fully saturated rings. The molecular weight excluding hydrogens is 334 g/mol. The Labute approximate surface area is 152 Å². The first kappa shape index (κ1) is 17.9. The van der Waals surface area contributed by atoms with E-state index in [1.165, 1.54) is 18.4 Å². The largest absolute Gasteiger partial charge is 0.350 e. The van der Waals surface area contributed by atoms with E-state index in [2.05, 4.69) is 33.1 Å². The number of nitrogens with zero attached hydrogens (tertiary/aromatic N) is 3. The van der Waals surface area contributed by atoms with E-state index in [4.69, 9.17) is 0 Å². The van der Waals surface area contributed by atoms with Crippen molar-refractivity contribution in [2.75, 3.05) is 25.4 Å². The Bertz CT molecular complexity index is 654. The molecular formula is C18H25N5OS. The number of carbonyl (C=O) groups excluding carboxylic acids is 1. The highest BCUT2D eigenvalue weighted by Crippen LogP contribution is 2.12. The predicted octanol–water partition coefficient (Wildman–Crippen LogP) is 1.94. The van der Waals surface area contributed by atoms with Crippen LogP contribution >= 0.6 is 11.8 Å². The van der Waals surface area contributed by atoms with Crippen LogP contribution in [0.25, 0.3) is 0 Å². The van der Waals surface area contributed by atoms with E-state index in [1.807, 2.05) is 30.0 Å². The third-order valence-corrected chi connectivity index (χ3v) is 5.29. The van der Waals surface area contributed by atoms with Gasteiger partial charge in [0.25, 0.3) is 5.91 Å². The van der Waals surface area contributed by atoms with Crippen molar-refractivity contribution in [2.45, 2.75) is 25.1 Å². The quantitative estimate of drug-likeness (QED) is 0.705. The second kappa shape index (κ2) is 9.58. The highest BCUT2D eigenvalue weighted by atomic mass is 32.2. The number of hydrogen-bond acceptors (Lipinski definition) is 5. The van der Waals surface area contributed by atoms with Crippen molar-refractivity contribution in [3.63, 3.8) is 0 Å². The Morgan fingerprint density at radius 1 is 1.36 bits per heavy atom. The van der Waals surface area contributed by atoms with Crippen molar-refractivity contribution < 1.29 is 4.79 Å². The summed E-state index contributed by atoms with van der Waals surface area (Å²) in [5.41, 5.74) is 1.70. The van der Waals surface area contributed by atoms with Crippen LogP contribution < -0.4 is 10.6 Å². The van der Waals surface area contributed by atoms with Gasteiger partial charge in [0.15, 0.2) is 5.69 Å². The lowest BCUT2D eigenvalue weighted by molar-refractivity contribution is 0.0951. The lowest BCUT2D eigenvalue weighted by Gasteiger charge is -2.22. The maximum atomic E-state index is 12.1. The van der Waals surface area contributed by atoms with E-state index < -0.39 is 0 Å². The van der Waals surface area contributed by atoms with Crippen LogP contribution in [0.4, 0.5) is 0 Å². The predicted molar refractivity (Wildman–Crippen MR) is 101 cm³/mol. The van der Waals surface area contributed by atoms with Gasteiger partial charge in [0.05, 0.1) is 6.20 Å². The van der Waals surface area contributed by atoms with E-state index in [0.29, 0.717) is 18.2 Å². The number of benzene rings is 1. The lowest BCUT2D eigenvalue weighted by Crippen LogP contribution is -2.32. The minimum absolute atomic E-state index is 0.145. The van der Waals surface area contributed by atoms with Gasteiger partial charge in [-0.3, -0.25) is 9.48 Å². The van der Waals surface area contributed by atoms with Crippen LogP contribution in [0.1, 0.15) is 28.9 Å². The number of carbonyl (C=O) groups is 1. The van der Waals surface area contributed by atoms with Gasteiger partial charge in [-0.2, -0.15) is 11.8 Å². The Morgan fingerprint density at radius 3 is 3.04 bits per heavy atom. The molecule has 0 aliphatic carbocycles. The zero-order chi connectivity index (χ0) is 17.3. The van der Waals surface area contributed by atoms with Crippen molar-refractivity contribution in [3.8, 4) is 0 Å². The molecule has 1 aliphatic heterocycles. The zero-order valence-electron chi connectivity index (χ0n) is 14.4. The molecule has 134 valence electrons. The average Bonchev–Trinajstić information content (AvgIpc) is 3.11. The second-order valence-corrected chi connectivity index (χ2v) is 7.44.